The number of carbonyl (C=O) groups is 1. The molecular weight excluding hydrogens is 397 g/mol. The van der Waals surface area contributed by atoms with Gasteiger partial charge in [-0.2, -0.15) is 0 Å². The molecule has 1 aliphatic rings. The average Bonchev–Trinajstić information content (AvgIpc) is 3.50. The van der Waals surface area contributed by atoms with Crippen LogP contribution in [0, 0.1) is 18.7 Å². The van der Waals surface area contributed by atoms with Crippen LogP contribution >= 0.6 is 0 Å². The van der Waals surface area contributed by atoms with Crippen LogP contribution in [0.2, 0.25) is 0 Å². The fourth-order valence-corrected chi connectivity index (χ4v) is 3.85. The highest BCUT2D eigenvalue weighted by Crippen LogP contribution is 2.55. The molecule has 0 bridgehead atoms. The smallest absolute Gasteiger partial charge is 0.228 e. The van der Waals surface area contributed by atoms with Gasteiger partial charge in [0.1, 0.15) is 17.3 Å². The summed E-state index contributed by atoms with van der Waals surface area (Å²) >= 11 is 0. The fraction of sp³-hybridized carbons (Fsp3) is 0.292. The molecule has 1 heterocycles. The summed E-state index contributed by atoms with van der Waals surface area (Å²) in [7, 11) is 1.60. The second kappa shape index (κ2) is 8.81. The predicted molar refractivity (Wildman–Crippen MR) is 114 cm³/mol. The average molecular weight is 421 g/mol. The quantitative estimate of drug-likeness (QED) is 0.594. The number of aromatic nitrogens is 2. The van der Waals surface area contributed by atoms with E-state index in [9.17, 15) is 9.18 Å². The van der Waals surface area contributed by atoms with Crippen molar-refractivity contribution in [3.8, 4) is 5.75 Å². The van der Waals surface area contributed by atoms with Crippen molar-refractivity contribution in [1.82, 2.24) is 9.97 Å². The number of methoxy groups -OCH3 is 1. The molecule has 2 aromatic carbocycles. The number of aryl methyl sites for hydroxylation is 1. The van der Waals surface area contributed by atoms with Gasteiger partial charge in [0, 0.05) is 18.2 Å². The monoisotopic (exact) mass is 421 g/mol. The Hall–Kier alpha value is -3.32. The number of nitrogens with one attached hydrogen (secondary N) is 1. The van der Waals surface area contributed by atoms with Crippen LogP contribution in [0.1, 0.15) is 23.5 Å². The summed E-state index contributed by atoms with van der Waals surface area (Å²) in [5, 5.41) is 2.83. The summed E-state index contributed by atoms with van der Waals surface area (Å²) < 4.78 is 24.9. The van der Waals surface area contributed by atoms with Gasteiger partial charge in [0.15, 0.2) is 5.75 Å². The molecule has 31 heavy (non-hydrogen) atoms. The third-order valence-electron chi connectivity index (χ3n) is 5.55. The number of ether oxygens (including phenoxy) is 2. The van der Waals surface area contributed by atoms with Crippen molar-refractivity contribution in [3.63, 3.8) is 0 Å². The molecule has 0 unspecified atom stereocenters. The van der Waals surface area contributed by atoms with Crippen LogP contribution in [0.4, 0.5) is 10.1 Å². The molecule has 7 heteroatoms. The van der Waals surface area contributed by atoms with E-state index in [1.54, 1.807) is 25.4 Å². The molecule has 0 aliphatic heterocycles. The van der Waals surface area contributed by atoms with Gasteiger partial charge in [0.2, 0.25) is 5.91 Å². The van der Waals surface area contributed by atoms with E-state index in [0.29, 0.717) is 42.6 Å². The van der Waals surface area contributed by atoms with Gasteiger partial charge >= 0.3 is 0 Å². The summed E-state index contributed by atoms with van der Waals surface area (Å²) in [6, 6.07) is 15.7. The Kier molecular flexibility index (Phi) is 5.95. The van der Waals surface area contributed by atoms with Crippen molar-refractivity contribution in [2.24, 2.45) is 5.92 Å². The lowest BCUT2D eigenvalue weighted by Gasteiger charge is -2.20. The lowest BCUT2D eigenvalue weighted by atomic mass is 9.93. The number of rotatable bonds is 8. The summed E-state index contributed by atoms with van der Waals surface area (Å²) in [4.78, 5) is 21.6. The number of benzene rings is 2. The van der Waals surface area contributed by atoms with E-state index in [1.165, 1.54) is 12.1 Å². The SMILES string of the molecule is COCc1nc(C)ncc1OC[C@@]1(c2ccccc2)C[C@H]1C(=O)Nc1cccc(F)c1. The van der Waals surface area contributed by atoms with Crippen LogP contribution in [0.3, 0.4) is 0 Å². The highest BCUT2D eigenvalue weighted by Gasteiger charge is 2.60. The Bertz CT molecular complexity index is 1080. The molecule has 1 N–H and O–H groups in total. The Morgan fingerprint density at radius 3 is 2.77 bits per heavy atom. The van der Waals surface area contributed by atoms with E-state index in [1.807, 2.05) is 37.3 Å². The van der Waals surface area contributed by atoms with Crippen molar-refractivity contribution >= 4 is 11.6 Å². The van der Waals surface area contributed by atoms with Gasteiger partial charge in [-0.25, -0.2) is 14.4 Å². The third-order valence-corrected chi connectivity index (χ3v) is 5.55. The molecule has 1 amide bonds. The van der Waals surface area contributed by atoms with Crippen molar-refractivity contribution in [2.45, 2.75) is 25.4 Å². The van der Waals surface area contributed by atoms with Gasteiger partial charge in [0.25, 0.3) is 0 Å². The highest BCUT2D eigenvalue weighted by molar-refractivity contribution is 5.96. The molecule has 0 saturated heterocycles. The zero-order valence-electron chi connectivity index (χ0n) is 17.5. The van der Waals surface area contributed by atoms with Crippen LogP contribution < -0.4 is 10.1 Å². The van der Waals surface area contributed by atoms with Crippen LogP contribution in [-0.2, 0) is 21.6 Å². The number of halogens is 1. The first-order chi connectivity index (χ1) is 15.0. The lowest BCUT2D eigenvalue weighted by molar-refractivity contribution is -0.117. The lowest BCUT2D eigenvalue weighted by Crippen LogP contribution is -2.27. The second-order valence-corrected chi connectivity index (χ2v) is 7.73. The third kappa shape index (κ3) is 4.56. The van der Waals surface area contributed by atoms with Gasteiger partial charge in [-0.05, 0) is 37.1 Å². The second-order valence-electron chi connectivity index (χ2n) is 7.73. The van der Waals surface area contributed by atoms with E-state index in [2.05, 4.69) is 15.3 Å². The minimum atomic E-state index is -0.478. The molecule has 160 valence electrons. The van der Waals surface area contributed by atoms with Crippen molar-refractivity contribution in [1.29, 1.82) is 0 Å². The number of hydrogen-bond donors (Lipinski definition) is 1. The molecule has 1 saturated carbocycles. The predicted octanol–water partition coefficient (Wildman–Crippen LogP) is 4.05. The van der Waals surface area contributed by atoms with Crippen molar-refractivity contribution < 1.29 is 18.7 Å². The van der Waals surface area contributed by atoms with Gasteiger partial charge < -0.3 is 14.8 Å². The summed E-state index contributed by atoms with van der Waals surface area (Å²) in [6.07, 6.45) is 2.27. The molecule has 1 fully saturated rings. The Morgan fingerprint density at radius 1 is 1.23 bits per heavy atom. The van der Waals surface area contributed by atoms with Crippen LogP contribution in [0.5, 0.6) is 5.75 Å². The Morgan fingerprint density at radius 2 is 2.03 bits per heavy atom. The number of hydrogen-bond acceptors (Lipinski definition) is 5. The van der Waals surface area contributed by atoms with Gasteiger partial charge in [-0.1, -0.05) is 36.4 Å². The molecule has 1 aromatic heterocycles. The summed E-state index contributed by atoms with van der Waals surface area (Å²) in [6.45, 7) is 2.41. The standard InChI is InChI=1S/C24H24FN3O3/c1-16-26-13-22(21(27-16)14-30-2)31-15-24(17-7-4-3-5-8-17)12-20(24)23(29)28-19-10-6-9-18(25)11-19/h3-11,13,20H,12,14-15H2,1-2H3,(H,28,29)/t20-,24+/m0/s1. The van der Waals surface area contributed by atoms with Crippen molar-refractivity contribution in [3.05, 3.63) is 83.7 Å². The first-order valence-corrected chi connectivity index (χ1v) is 10.1. The van der Waals surface area contributed by atoms with E-state index >= 15 is 0 Å². The van der Waals surface area contributed by atoms with E-state index in [4.69, 9.17) is 9.47 Å². The van der Waals surface area contributed by atoms with Crippen molar-refractivity contribution in [2.75, 3.05) is 19.0 Å². The minimum Gasteiger partial charge on any atom is -0.489 e. The summed E-state index contributed by atoms with van der Waals surface area (Å²) in [5.74, 6) is 0.330. The van der Waals surface area contributed by atoms with Crippen LogP contribution in [0.15, 0.2) is 60.8 Å². The van der Waals surface area contributed by atoms with Crippen LogP contribution in [0.25, 0.3) is 0 Å². The van der Waals surface area contributed by atoms with E-state index < -0.39 is 11.2 Å². The zero-order chi connectivity index (χ0) is 21.8. The molecule has 0 spiro atoms. The summed E-state index contributed by atoms with van der Waals surface area (Å²) in [5.41, 5.74) is 1.65. The molecule has 3 aromatic rings. The molecule has 0 radical (unpaired) electrons. The maximum Gasteiger partial charge on any atom is 0.228 e. The number of amides is 1. The van der Waals surface area contributed by atoms with Gasteiger partial charge in [0.05, 0.1) is 25.3 Å². The molecule has 2 atom stereocenters. The van der Waals surface area contributed by atoms with E-state index in [-0.39, 0.29) is 11.8 Å². The first kappa shape index (κ1) is 20.9. The molecular formula is C24H24FN3O3. The fourth-order valence-electron chi connectivity index (χ4n) is 3.85. The van der Waals surface area contributed by atoms with Crippen LogP contribution in [-0.4, -0.2) is 29.6 Å². The topological polar surface area (TPSA) is 73.3 Å². The largest absolute Gasteiger partial charge is 0.489 e. The Balaban J connectivity index is 1.55. The maximum atomic E-state index is 13.5. The minimum absolute atomic E-state index is 0.157. The number of nitrogens with zero attached hydrogens (tertiary/aromatic N) is 2. The molecule has 6 nitrogen and oxygen atoms in total. The number of carbonyl (C=O) groups excluding carboxylic acids is 1. The Labute approximate surface area is 180 Å². The maximum absolute atomic E-state index is 13.5. The number of anilines is 1. The van der Waals surface area contributed by atoms with Gasteiger partial charge in [-0.3, -0.25) is 4.79 Å². The first-order valence-electron chi connectivity index (χ1n) is 10.1. The highest BCUT2D eigenvalue weighted by atomic mass is 19.1. The zero-order valence-corrected chi connectivity index (χ0v) is 17.5. The molecule has 1 aliphatic carbocycles. The molecule has 4 rings (SSSR count). The van der Waals surface area contributed by atoms with E-state index in [0.717, 1.165) is 5.56 Å². The normalized spacial score (nSPS) is 19.6. The van der Waals surface area contributed by atoms with Gasteiger partial charge in [-0.15, -0.1) is 0 Å².